The zero-order valence-electron chi connectivity index (χ0n) is 15.1. The molecule has 6 nitrogen and oxygen atoms in total. The number of likely N-dealkylation sites (tertiary alicyclic amines) is 1. The Morgan fingerprint density at radius 2 is 2.04 bits per heavy atom. The molecule has 1 aromatic carbocycles. The van der Waals surface area contributed by atoms with Gasteiger partial charge in [-0.25, -0.2) is 0 Å². The summed E-state index contributed by atoms with van der Waals surface area (Å²) in [6, 6.07) is 9.20. The number of pyridine rings is 1. The quantitative estimate of drug-likeness (QED) is 0.862. The Bertz CT molecular complexity index is 736. The van der Waals surface area contributed by atoms with Gasteiger partial charge < -0.3 is 20.1 Å². The Morgan fingerprint density at radius 1 is 1.23 bits per heavy atom. The molecule has 26 heavy (non-hydrogen) atoms. The lowest BCUT2D eigenvalue weighted by molar-refractivity contribution is 0.0708. The molecule has 1 aromatic heterocycles. The number of nitrogens with zero attached hydrogens (tertiary/aromatic N) is 2. The van der Waals surface area contributed by atoms with Crippen LogP contribution in [0.2, 0.25) is 0 Å². The molecule has 2 aromatic rings. The fourth-order valence-electron chi connectivity index (χ4n) is 3.05. The molecule has 0 radical (unpaired) electrons. The van der Waals surface area contributed by atoms with Crippen LogP contribution in [-0.2, 0) is 6.61 Å². The van der Waals surface area contributed by atoms with Crippen LogP contribution in [0, 0.1) is 0 Å². The third kappa shape index (κ3) is 4.52. The maximum absolute atomic E-state index is 12.8. The van der Waals surface area contributed by atoms with E-state index < -0.39 is 0 Å². The van der Waals surface area contributed by atoms with Gasteiger partial charge in [0.2, 0.25) is 0 Å². The van der Waals surface area contributed by atoms with Crippen molar-refractivity contribution in [1.82, 2.24) is 9.88 Å². The van der Waals surface area contributed by atoms with E-state index >= 15 is 0 Å². The van der Waals surface area contributed by atoms with E-state index in [9.17, 15) is 4.79 Å². The van der Waals surface area contributed by atoms with Crippen LogP contribution in [0.15, 0.2) is 42.7 Å². The van der Waals surface area contributed by atoms with Crippen LogP contribution in [0.4, 0.5) is 0 Å². The largest absolute Gasteiger partial charge is 0.490 e. The highest BCUT2D eigenvalue weighted by atomic mass is 16.5. The molecule has 0 aliphatic carbocycles. The third-order valence-electron chi connectivity index (χ3n) is 4.38. The number of carbonyl (C=O) groups is 1. The number of carbonyl (C=O) groups excluding carboxylic acids is 1. The van der Waals surface area contributed by atoms with E-state index in [1.807, 2.05) is 24.0 Å². The molecule has 0 spiro atoms. The maximum atomic E-state index is 12.8. The Hall–Kier alpha value is -2.60. The van der Waals surface area contributed by atoms with Gasteiger partial charge in [-0.05, 0) is 55.7 Å². The number of aromatic nitrogens is 1. The van der Waals surface area contributed by atoms with Gasteiger partial charge in [-0.3, -0.25) is 9.78 Å². The summed E-state index contributed by atoms with van der Waals surface area (Å²) in [5.41, 5.74) is 7.61. The van der Waals surface area contributed by atoms with Crippen molar-refractivity contribution in [3.8, 4) is 11.5 Å². The van der Waals surface area contributed by atoms with Gasteiger partial charge in [0.05, 0.1) is 6.61 Å². The van der Waals surface area contributed by atoms with Gasteiger partial charge in [-0.1, -0.05) is 0 Å². The number of hydrogen-bond donors (Lipinski definition) is 1. The number of rotatable bonds is 6. The van der Waals surface area contributed by atoms with Crippen LogP contribution in [-0.4, -0.2) is 41.5 Å². The summed E-state index contributed by atoms with van der Waals surface area (Å²) in [5.74, 6) is 1.19. The van der Waals surface area contributed by atoms with Crippen molar-refractivity contribution in [2.24, 2.45) is 5.73 Å². The summed E-state index contributed by atoms with van der Waals surface area (Å²) in [7, 11) is 0. The van der Waals surface area contributed by atoms with Gasteiger partial charge in [0, 0.05) is 37.1 Å². The Morgan fingerprint density at radius 3 is 2.77 bits per heavy atom. The number of nitrogens with two attached hydrogens (primary N) is 1. The minimum Gasteiger partial charge on any atom is -0.490 e. The second kappa shape index (κ2) is 8.67. The van der Waals surface area contributed by atoms with Crippen molar-refractivity contribution in [2.75, 3.05) is 19.7 Å². The Labute approximate surface area is 153 Å². The summed E-state index contributed by atoms with van der Waals surface area (Å²) in [6.07, 6.45) is 5.37. The van der Waals surface area contributed by atoms with E-state index in [1.165, 1.54) is 0 Å². The lowest BCUT2D eigenvalue weighted by atomic mass is 10.1. The summed E-state index contributed by atoms with van der Waals surface area (Å²) in [5, 5.41) is 0. The highest BCUT2D eigenvalue weighted by Crippen LogP contribution is 2.30. The van der Waals surface area contributed by atoms with E-state index in [-0.39, 0.29) is 11.9 Å². The van der Waals surface area contributed by atoms with E-state index in [4.69, 9.17) is 15.2 Å². The highest BCUT2D eigenvalue weighted by Gasteiger charge is 2.23. The standard InChI is InChI=1S/C20H25N3O3/c1-2-25-19-12-16(20(24)23-11-3-4-17(21)13-23)5-6-18(19)26-14-15-7-9-22-10-8-15/h5-10,12,17H,2-4,11,13-14,21H2,1H3/t17-/m1/s1. The van der Waals surface area contributed by atoms with Crippen molar-refractivity contribution in [2.45, 2.75) is 32.4 Å². The normalized spacial score (nSPS) is 17.0. The zero-order valence-corrected chi connectivity index (χ0v) is 15.1. The van der Waals surface area contributed by atoms with E-state index in [0.717, 1.165) is 24.9 Å². The van der Waals surface area contributed by atoms with Gasteiger partial charge in [-0.2, -0.15) is 0 Å². The summed E-state index contributed by atoms with van der Waals surface area (Å²) in [6.45, 7) is 4.17. The van der Waals surface area contributed by atoms with Gasteiger partial charge in [0.15, 0.2) is 11.5 Å². The molecule has 138 valence electrons. The van der Waals surface area contributed by atoms with Gasteiger partial charge in [0.25, 0.3) is 5.91 Å². The predicted octanol–water partition coefficient (Wildman–Crippen LogP) is 2.62. The molecule has 1 fully saturated rings. The molecule has 2 heterocycles. The Kier molecular flexibility index (Phi) is 6.07. The topological polar surface area (TPSA) is 77.7 Å². The molecule has 6 heteroatoms. The molecular formula is C20H25N3O3. The van der Waals surface area contributed by atoms with E-state index in [1.54, 1.807) is 30.6 Å². The molecule has 1 saturated heterocycles. The fraction of sp³-hybridized carbons (Fsp3) is 0.400. The minimum absolute atomic E-state index is 0.0122. The van der Waals surface area contributed by atoms with Crippen molar-refractivity contribution in [3.63, 3.8) is 0 Å². The molecule has 1 amide bonds. The second-order valence-electron chi connectivity index (χ2n) is 6.39. The van der Waals surface area contributed by atoms with Crippen LogP contribution in [0.3, 0.4) is 0 Å². The highest BCUT2D eigenvalue weighted by molar-refractivity contribution is 5.95. The van der Waals surface area contributed by atoms with E-state index in [0.29, 0.717) is 36.8 Å². The number of ether oxygens (including phenoxy) is 2. The lowest BCUT2D eigenvalue weighted by Gasteiger charge is -2.31. The van der Waals surface area contributed by atoms with Gasteiger partial charge in [-0.15, -0.1) is 0 Å². The van der Waals surface area contributed by atoms with Crippen molar-refractivity contribution in [3.05, 3.63) is 53.9 Å². The third-order valence-corrected chi connectivity index (χ3v) is 4.38. The number of amides is 1. The van der Waals surface area contributed by atoms with Crippen LogP contribution < -0.4 is 15.2 Å². The number of hydrogen-bond acceptors (Lipinski definition) is 5. The van der Waals surface area contributed by atoms with Crippen LogP contribution in [0.5, 0.6) is 11.5 Å². The first-order chi connectivity index (χ1) is 12.7. The molecule has 0 saturated carbocycles. The van der Waals surface area contributed by atoms with Gasteiger partial charge >= 0.3 is 0 Å². The molecule has 0 bridgehead atoms. The van der Waals surface area contributed by atoms with Crippen molar-refractivity contribution >= 4 is 5.91 Å². The Balaban J connectivity index is 1.74. The van der Waals surface area contributed by atoms with Crippen molar-refractivity contribution in [1.29, 1.82) is 0 Å². The van der Waals surface area contributed by atoms with Crippen LogP contribution >= 0.6 is 0 Å². The molecular weight excluding hydrogens is 330 g/mol. The maximum Gasteiger partial charge on any atom is 0.254 e. The molecule has 3 rings (SSSR count). The monoisotopic (exact) mass is 355 g/mol. The van der Waals surface area contributed by atoms with Crippen molar-refractivity contribution < 1.29 is 14.3 Å². The average molecular weight is 355 g/mol. The first-order valence-corrected chi connectivity index (χ1v) is 9.00. The molecule has 1 atom stereocenters. The molecule has 2 N–H and O–H groups in total. The van der Waals surface area contributed by atoms with Gasteiger partial charge in [0.1, 0.15) is 6.61 Å². The molecule has 1 aliphatic heterocycles. The fourth-order valence-corrected chi connectivity index (χ4v) is 3.05. The molecule has 0 unspecified atom stereocenters. The lowest BCUT2D eigenvalue weighted by Crippen LogP contribution is -2.45. The smallest absolute Gasteiger partial charge is 0.254 e. The zero-order chi connectivity index (χ0) is 18.4. The first kappa shape index (κ1) is 18.2. The SMILES string of the molecule is CCOc1cc(C(=O)N2CCC[C@@H](N)C2)ccc1OCc1ccncc1. The van der Waals surface area contributed by atoms with Crippen LogP contribution in [0.1, 0.15) is 35.7 Å². The number of piperidine rings is 1. The first-order valence-electron chi connectivity index (χ1n) is 9.00. The average Bonchev–Trinajstić information content (AvgIpc) is 2.67. The van der Waals surface area contributed by atoms with E-state index in [2.05, 4.69) is 4.98 Å². The summed E-state index contributed by atoms with van der Waals surface area (Å²) in [4.78, 5) is 18.6. The second-order valence-corrected chi connectivity index (χ2v) is 6.39. The van der Waals surface area contributed by atoms with Crippen LogP contribution in [0.25, 0.3) is 0 Å². The predicted molar refractivity (Wildman–Crippen MR) is 99.3 cm³/mol. The number of benzene rings is 1. The summed E-state index contributed by atoms with van der Waals surface area (Å²) < 4.78 is 11.6. The molecule has 1 aliphatic rings. The summed E-state index contributed by atoms with van der Waals surface area (Å²) >= 11 is 0. The minimum atomic E-state index is -0.0122.